The lowest BCUT2D eigenvalue weighted by Crippen LogP contribution is -2.39. The summed E-state index contributed by atoms with van der Waals surface area (Å²) in [6, 6.07) is 11.8. The molecule has 7 heteroatoms. The maximum atomic E-state index is 12.2. The molecule has 0 unspecified atom stereocenters. The van der Waals surface area contributed by atoms with E-state index in [4.69, 9.17) is 21.1 Å². The third-order valence-electron chi connectivity index (χ3n) is 3.66. The number of hydrogen-bond donors (Lipinski definition) is 2. The molecule has 0 aliphatic carbocycles. The lowest BCUT2D eigenvalue weighted by Gasteiger charge is -2.11. The van der Waals surface area contributed by atoms with Crippen LogP contribution < -0.4 is 15.4 Å². The maximum Gasteiger partial charge on any atom is 0.338 e. The minimum atomic E-state index is -0.450. The van der Waals surface area contributed by atoms with Gasteiger partial charge in [0.25, 0.3) is 0 Å². The summed E-state index contributed by atoms with van der Waals surface area (Å²) in [7, 11) is 1.54. The second-order valence-electron chi connectivity index (χ2n) is 6.21. The van der Waals surface area contributed by atoms with Crippen LogP contribution in [0.15, 0.2) is 42.5 Å². The van der Waals surface area contributed by atoms with Crippen LogP contribution >= 0.6 is 11.6 Å². The molecule has 27 heavy (non-hydrogen) atoms. The number of esters is 1. The van der Waals surface area contributed by atoms with Gasteiger partial charge in [-0.3, -0.25) is 0 Å². The predicted octanol–water partition coefficient (Wildman–Crippen LogP) is 3.91. The Labute approximate surface area is 163 Å². The lowest BCUT2D eigenvalue weighted by molar-refractivity contribution is 0.0470. The van der Waals surface area contributed by atoms with E-state index in [1.165, 1.54) is 0 Å². The van der Waals surface area contributed by atoms with Crippen LogP contribution in [0.5, 0.6) is 5.75 Å². The number of ether oxygens (including phenoxy) is 2. The zero-order valence-electron chi connectivity index (χ0n) is 15.5. The van der Waals surface area contributed by atoms with Gasteiger partial charge in [0.15, 0.2) is 0 Å². The predicted molar refractivity (Wildman–Crippen MR) is 104 cm³/mol. The molecule has 144 valence electrons. The van der Waals surface area contributed by atoms with Gasteiger partial charge in [0, 0.05) is 23.2 Å². The van der Waals surface area contributed by atoms with E-state index in [9.17, 15) is 9.59 Å². The summed E-state index contributed by atoms with van der Waals surface area (Å²) < 4.78 is 10.6. The normalized spacial score (nSPS) is 10.4. The van der Waals surface area contributed by atoms with Crippen molar-refractivity contribution in [1.82, 2.24) is 10.6 Å². The summed E-state index contributed by atoms with van der Waals surface area (Å²) in [5.41, 5.74) is 1.99. The first-order chi connectivity index (χ1) is 12.9. The van der Waals surface area contributed by atoms with Gasteiger partial charge in [-0.25, -0.2) is 9.59 Å². The molecule has 0 heterocycles. The second kappa shape index (κ2) is 9.83. The summed E-state index contributed by atoms with van der Waals surface area (Å²) in [6.45, 7) is 4.20. The summed E-state index contributed by atoms with van der Waals surface area (Å²) >= 11 is 5.97. The van der Waals surface area contributed by atoms with E-state index < -0.39 is 5.97 Å². The highest BCUT2D eigenvalue weighted by molar-refractivity contribution is 6.30. The number of benzene rings is 2. The summed E-state index contributed by atoms with van der Waals surface area (Å²) in [6.07, 6.45) is 0. The van der Waals surface area contributed by atoms with Crippen molar-refractivity contribution in [3.8, 4) is 5.75 Å². The molecular weight excluding hydrogens is 368 g/mol. The van der Waals surface area contributed by atoms with Crippen LogP contribution in [0.1, 0.15) is 35.3 Å². The number of rotatable bonds is 7. The SMILES string of the molecule is COc1ccc(Cl)cc1COC(=O)c1ccc(CNC(=O)NC(C)C)cc1. The van der Waals surface area contributed by atoms with Crippen molar-refractivity contribution in [2.24, 2.45) is 0 Å². The van der Waals surface area contributed by atoms with Crippen molar-refractivity contribution in [2.75, 3.05) is 7.11 Å². The van der Waals surface area contributed by atoms with Crippen molar-refractivity contribution >= 4 is 23.6 Å². The minimum absolute atomic E-state index is 0.0568. The van der Waals surface area contributed by atoms with Gasteiger partial charge < -0.3 is 20.1 Å². The average molecular weight is 391 g/mol. The van der Waals surface area contributed by atoms with Crippen LogP contribution in [-0.2, 0) is 17.9 Å². The van der Waals surface area contributed by atoms with E-state index in [1.54, 1.807) is 49.6 Å². The fourth-order valence-electron chi connectivity index (χ4n) is 2.34. The molecule has 6 nitrogen and oxygen atoms in total. The molecule has 0 aliphatic rings. The zero-order valence-corrected chi connectivity index (χ0v) is 16.3. The van der Waals surface area contributed by atoms with Crippen LogP contribution in [0.3, 0.4) is 0 Å². The second-order valence-corrected chi connectivity index (χ2v) is 6.65. The van der Waals surface area contributed by atoms with E-state index in [0.29, 0.717) is 28.4 Å². The molecule has 2 rings (SSSR count). The Balaban J connectivity index is 1.90. The number of carbonyl (C=O) groups is 2. The number of carbonyl (C=O) groups excluding carboxylic acids is 2. The number of nitrogens with one attached hydrogen (secondary N) is 2. The first-order valence-electron chi connectivity index (χ1n) is 8.52. The quantitative estimate of drug-likeness (QED) is 0.702. The largest absolute Gasteiger partial charge is 0.496 e. The van der Waals surface area contributed by atoms with Crippen molar-refractivity contribution in [3.63, 3.8) is 0 Å². The van der Waals surface area contributed by atoms with Crippen molar-refractivity contribution in [1.29, 1.82) is 0 Å². The van der Waals surface area contributed by atoms with Crippen molar-refractivity contribution in [3.05, 3.63) is 64.2 Å². The van der Waals surface area contributed by atoms with E-state index in [2.05, 4.69) is 10.6 Å². The molecular formula is C20H23ClN2O4. The standard InChI is InChI=1S/C20H23ClN2O4/c1-13(2)23-20(25)22-11-14-4-6-15(7-5-14)19(24)27-12-16-10-17(21)8-9-18(16)26-3/h4-10,13H,11-12H2,1-3H3,(H2,22,23,25). The number of halogens is 1. The minimum Gasteiger partial charge on any atom is -0.496 e. The van der Waals surface area contributed by atoms with Crippen LogP contribution in [0, 0.1) is 0 Å². The Hall–Kier alpha value is -2.73. The molecule has 0 fully saturated rings. The van der Waals surface area contributed by atoms with E-state index in [-0.39, 0.29) is 18.7 Å². The Kier molecular flexibility index (Phi) is 7.49. The van der Waals surface area contributed by atoms with Crippen LogP contribution in [-0.4, -0.2) is 25.2 Å². The summed E-state index contributed by atoms with van der Waals surface area (Å²) in [5, 5.41) is 6.04. The highest BCUT2D eigenvalue weighted by Gasteiger charge is 2.11. The van der Waals surface area contributed by atoms with Gasteiger partial charge in [-0.1, -0.05) is 23.7 Å². The molecule has 2 aromatic carbocycles. The van der Waals surface area contributed by atoms with Gasteiger partial charge in [0.05, 0.1) is 12.7 Å². The van der Waals surface area contributed by atoms with Gasteiger partial charge in [-0.05, 0) is 49.7 Å². The molecule has 0 saturated carbocycles. The van der Waals surface area contributed by atoms with E-state index >= 15 is 0 Å². The highest BCUT2D eigenvalue weighted by Crippen LogP contribution is 2.23. The molecule has 2 aromatic rings. The third-order valence-corrected chi connectivity index (χ3v) is 3.90. The Morgan fingerprint density at radius 3 is 2.44 bits per heavy atom. The van der Waals surface area contributed by atoms with Crippen LogP contribution in [0.2, 0.25) is 5.02 Å². The lowest BCUT2D eigenvalue weighted by atomic mass is 10.1. The van der Waals surface area contributed by atoms with E-state index in [1.807, 2.05) is 13.8 Å². The first-order valence-corrected chi connectivity index (χ1v) is 8.89. The van der Waals surface area contributed by atoms with Gasteiger partial charge in [0.1, 0.15) is 12.4 Å². The number of hydrogen-bond acceptors (Lipinski definition) is 4. The van der Waals surface area contributed by atoms with Crippen LogP contribution in [0.25, 0.3) is 0 Å². The molecule has 2 N–H and O–H groups in total. The number of urea groups is 1. The van der Waals surface area contributed by atoms with Gasteiger partial charge in [-0.2, -0.15) is 0 Å². The fraction of sp³-hybridized carbons (Fsp3) is 0.300. The Morgan fingerprint density at radius 2 is 1.81 bits per heavy atom. The Morgan fingerprint density at radius 1 is 1.11 bits per heavy atom. The molecule has 0 bridgehead atoms. The molecule has 0 radical (unpaired) electrons. The summed E-state index contributed by atoms with van der Waals surface area (Å²) in [4.78, 5) is 23.8. The maximum absolute atomic E-state index is 12.2. The number of amides is 2. The number of methoxy groups -OCH3 is 1. The molecule has 0 aromatic heterocycles. The highest BCUT2D eigenvalue weighted by atomic mass is 35.5. The third kappa shape index (κ3) is 6.49. The van der Waals surface area contributed by atoms with Gasteiger partial charge in [-0.15, -0.1) is 0 Å². The molecule has 0 spiro atoms. The molecule has 2 amide bonds. The molecule has 0 atom stereocenters. The Bertz CT molecular complexity index is 791. The topological polar surface area (TPSA) is 76.7 Å². The van der Waals surface area contributed by atoms with Crippen molar-refractivity contribution in [2.45, 2.75) is 33.0 Å². The van der Waals surface area contributed by atoms with Gasteiger partial charge in [0.2, 0.25) is 0 Å². The zero-order chi connectivity index (χ0) is 19.8. The van der Waals surface area contributed by atoms with Gasteiger partial charge >= 0.3 is 12.0 Å². The fourth-order valence-corrected chi connectivity index (χ4v) is 2.54. The molecule has 0 saturated heterocycles. The molecule has 0 aliphatic heterocycles. The van der Waals surface area contributed by atoms with Crippen LogP contribution in [0.4, 0.5) is 4.79 Å². The first kappa shape index (κ1) is 20.6. The van der Waals surface area contributed by atoms with Crippen molar-refractivity contribution < 1.29 is 19.1 Å². The smallest absolute Gasteiger partial charge is 0.338 e. The monoisotopic (exact) mass is 390 g/mol. The average Bonchev–Trinajstić information content (AvgIpc) is 2.64. The summed E-state index contributed by atoms with van der Waals surface area (Å²) in [5.74, 6) is 0.155. The van der Waals surface area contributed by atoms with E-state index in [0.717, 1.165) is 5.56 Å².